The summed E-state index contributed by atoms with van der Waals surface area (Å²) in [6.45, 7) is 0.174. The van der Waals surface area contributed by atoms with Crippen LogP contribution in [0, 0.1) is 0 Å². The lowest BCUT2D eigenvalue weighted by Gasteiger charge is -2.12. The summed E-state index contributed by atoms with van der Waals surface area (Å²) in [7, 11) is -0.142. The van der Waals surface area contributed by atoms with Gasteiger partial charge in [0.25, 0.3) is 10.0 Å². The molecule has 0 bridgehead atoms. The molecule has 0 saturated heterocycles. The molecule has 0 unspecified atom stereocenters. The third-order valence-corrected chi connectivity index (χ3v) is 6.26. The van der Waals surface area contributed by atoms with E-state index in [-0.39, 0.29) is 41.0 Å². The van der Waals surface area contributed by atoms with Crippen molar-refractivity contribution in [3.05, 3.63) is 54.6 Å². The molecule has 2 aromatic carbocycles. The molecule has 0 aliphatic rings. The van der Waals surface area contributed by atoms with E-state index in [0.29, 0.717) is 11.1 Å². The number of nitrogens with one attached hydrogen (secondary N) is 2. The number of halogens is 1. The Hall–Kier alpha value is -2.69. The molecule has 0 radical (unpaired) electrons. The van der Waals surface area contributed by atoms with Crippen LogP contribution in [0.2, 0.25) is 0 Å². The number of rotatable bonds is 9. The van der Waals surface area contributed by atoms with Crippen molar-refractivity contribution in [1.82, 2.24) is 15.0 Å². The van der Waals surface area contributed by atoms with Gasteiger partial charge in [-0.3, -0.25) is 4.79 Å². The minimum absolute atomic E-state index is 0.0214. The molecule has 164 valence electrons. The van der Waals surface area contributed by atoms with Crippen LogP contribution < -0.4 is 14.9 Å². The molecule has 1 aromatic heterocycles. The van der Waals surface area contributed by atoms with E-state index in [1.165, 1.54) is 0 Å². The first kappa shape index (κ1) is 23.0. The van der Waals surface area contributed by atoms with Gasteiger partial charge in [-0.2, -0.15) is 4.98 Å². The number of sulfonamides is 1. The van der Waals surface area contributed by atoms with Crippen LogP contribution in [0.1, 0.15) is 0 Å². The fourth-order valence-corrected chi connectivity index (χ4v) is 4.10. The molecule has 3 rings (SSSR count). The van der Waals surface area contributed by atoms with Crippen molar-refractivity contribution >= 4 is 37.5 Å². The zero-order valence-corrected chi connectivity index (χ0v) is 19.5. The smallest absolute Gasteiger partial charge is 0.262 e. The van der Waals surface area contributed by atoms with Gasteiger partial charge < -0.3 is 14.6 Å². The zero-order valence-electron chi connectivity index (χ0n) is 17.1. The first-order valence-electron chi connectivity index (χ1n) is 9.48. The number of carbonyl (C=O) groups is 1. The highest BCUT2D eigenvalue weighted by molar-refractivity contribution is 9.09. The van der Waals surface area contributed by atoms with Crippen LogP contribution in [0.3, 0.4) is 0 Å². The maximum Gasteiger partial charge on any atom is 0.262 e. The third kappa shape index (κ3) is 5.72. The minimum atomic E-state index is -3.99. The number of anilines is 1. The molecule has 3 aromatic rings. The molecular formula is C21H23BrN4O4S. The standard InChI is InChI=1S/C21H23BrN4O4S/c1-26(2)17-10-8-15(9-11-17)19-21(25-20(30-19)16-6-4-3-5-7-16)31(28,29)24-13-12-23-18(27)14-22/h3-11,24H,12-14H2,1-2H3,(H,23,27). The number of amides is 1. The van der Waals surface area contributed by atoms with Crippen molar-refractivity contribution in [3.63, 3.8) is 0 Å². The molecule has 1 heterocycles. The molecule has 0 aliphatic heterocycles. The van der Waals surface area contributed by atoms with E-state index in [4.69, 9.17) is 4.42 Å². The average Bonchev–Trinajstić information content (AvgIpc) is 3.24. The summed E-state index contributed by atoms with van der Waals surface area (Å²) in [4.78, 5) is 17.6. The van der Waals surface area contributed by atoms with E-state index in [0.717, 1.165) is 5.69 Å². The highest BCUT2D eigenvalue weighted by Crippen LogP contribution is 2.33. The van der Waals surface area contributed by atoms with Gasteiger partial charge in [-0.15, -0.1) is 0 Å². The van der Waals surface area contributed by atoms with Crippen molar-refractivity contribution in [3.8, 4) is 22.8 Å². The van der Waals surface area contributed by atoms with Crippen LogP contribution in [-0.4, -0.2) is 51.8 Å². The Morgan fingerprint density at radius 2 is 1.71 bits per heavy atom. The predicted molar refractivity (Wildman–Crippen MR) is 124 cm³/mol. The Balaban J connectivity index is 1.95. The quantitative estimate of drug-likeness (QED) is 0.341. The Labute approximate surface area is 189 Å². The van der Waals surface area contributed by atoms with Gasteiger partial charge >= 0.3 is 0 Å². The van der Waals surface area contributed by atoms with E-state index in [1.54, 1.807) is 24.3 Å². The molecule has 1 amide bonds. The summed E-state index contributed by atoms with van der Waals surface area (Å²) in [5, 5.41) is 2.54. The molecule has 8 nitrogen and oxygen atoms in total. The second-order valence-corrected chi connectivity index (χ2v) is 9.08. The number of hydrogen-bond donors (Lipinski definition) is 2. The van der Waals surface area contributed by atoms with E-state index in [1.807, 2.05) is 49.3 Å². The molecule has 10 heteroatoms. The lowest BCUT2D eigenvalue weighted by atomic mass is 10.1. The fraction of sp³-hybridized carbons (Fsp3) is 0.238. The average molecular weight is 507 g/mol. The second-order valence-electron chi connectivity index (χ2n) is 6.84. The third-order valence-electron chi connectivity index (χ3n) is 4.38. The number of hydrogen-bond acceptors (Lipinski definition) is 6. The van der Waals surface area contributed by atoms with Gasteiger partial charge in [0.1, 0.15) is 0 Å². The lowest BCUT2D eigenvalue weighted by molar-refractivity contribution is -0.118. The highest BCUT2D eigenvalue weighted by atomic mass is 79.9. The van der Waals surface area contributed by atoms with Crippen molar-refractivity contribution in [2.45, 2.75) is 5.03 Å². The highest BCUT2D eigenvalue weighted by Gasteiger charge is 2.27. The molecule has 0 saturated carbocycles. The minimum Gasteiger partial charge on any atom is -0.435 e. The van der Waals surface area contributed by atoms with Crippen LogP contribution in [0.25, 0.3) is 22.8 Å². The monoisotopic (exact) mass is 506 g/mol. The summed E-state index contributed by atoms with van der Waals surface area (Å²) in [5.74, 6) is 0.134. The molecule has 2 N–H and O–H groups in total. The Morgan fingerprint density at radius 3 is 2.32 bits per heavy atom. The van der Waals surface area contributed by atoms with Gasteiger partial charge in [0.15, 0.2) is 5.76 Å². The predicted octanol–water partition coefficient (Wildman–Crippen LogP) is 2.86. The first-order chi connectivity index (χ1) is 14.8. The van der Waals surface area contributed by atoms with Gasteiger partial charge in [0, 0.05) is 44.0 Å². The summed E-state index contributed by atoms with van der Waals surface area (Å²) >= 11 is 3.04. The summed E-state index contributed by atoms with van der Waals surface area (Å²) in [6.07, 6.45) is 0. The number of nitrogens with zero attached hydrogens (tertiary/aromatic N) is 2. The van der Waals surface area contributed by atoms with Crippen LogP contribution >= 0.6 is 15.9 Å². The van der Waals surface area contributed by atoms with Crippen LogP contribution in [0.5, 0.6) is 0 Å². The second kappa shape index (κ2) is 10.1. The van der Waals surface area contributed by atoms with Crippen LogP contribution in [0.15, 0.2) is 64.0 Å². The van der Waals surface area contributed by atoms with E-state index in [9.17, 15) is 13.2 Å². The summed E-state index contributed by atoms with van der Waals surface area (Å²) in [6, 6.07) is 16.4. The molecule has 0 fully saturated rings. The zero-order chi connectivity index (χ0) is 22.4. The molecule has 0 aliphatic carbocycles. The van der Waals surface area contributed by atoms with Gasteiger partial charge in [-0.1, -0.05) is 34.1 Å². The van der Waals surface area contributed by atoms with Gasteiger partial charge in [0.05, 0.1) is 5.33 Å². The molecule has 0 spiro atoms. The first-order valence-corrected chi connectivity index (χ1v) is 12.1. The van der Waals surface area contributed by atoms with E-state index >= 15 is 0 Å². The van der Waals surface area contributed by atoms with Crippen molar-refractivity contribution in [2.24, 2.45) is 0 Å². The van der Waals surface area contributed by atoms with Gasteiger partial charge in [0.2, 0.25) is 16.8 Å². The largest absolute Gasteiger partial charge is 0.435 e. The van der Waals surface area contributed by atoms with Gasteiger partial charge in [-0.05, 0) is 36.4 Å². The molecule has 0 atom stereocenters. The number of benzene rings is 2. The number of oxazole rings is 1. The fourth-order valence-electron chi connectivity index (χ4n) is 2.79. The van der Waals surface area contributed by atoms with Crippen molar-refractivity contribution in [1.29, 1.82) is 0 Å². The molecule has 31 heavy (non-hydrogen) atoms. The Kier molecular flexibility index (Phi) is 7.47. The number of alkyl halides is 1. The summed E-state index contributed by atoms with van der Waals surface area (Å²) < 4.78 is 34.4. The Morgan fingerprint density at radius 1 is 1.03 bits per heavy atom. The van der Waals surface area contributed by atoms with Crippen molar-refractivity contribution in [2.75, 3.05) is 37.4 Å². The number of carbonyl (C=O) groups excluding carboxylic acids is 1. The van der Waals surface area contributed by atoms with E-state index < -0.39 is 10.0 Å². The Bertz CT molecular complexity index is 1130. The van der Waals surface area contributed by atoms with Gasteiger partial charge in [-0.25, -0.2) is 13.1 Å². The maximum absolute atomic E-state index is 13.0. The van der Waals surface area contributed by atoms with E-state index in [2.05, 4.69) is 31.0 Å². The maximum atomic E-state index is 13.0. The normalized spacial score (nSPS) is 11.3. The van der Waals surface area contributed by atoms with Crippen molar-refractivity contribution < 1.29 is 17.6 Å². The topological polar surface area (TPSA) is 105 Å². The van der Waals surface area contributed by atoms with Crippen LogP contribution in [-0.2, 0) is 14.8 Å². The molecular weight excluding hydrogens is 484 g/mol. The summed E-state index contributed by atoms with van der Waals surface area (Å²) in [5.41, 5.74) is 2.23. The SMILES string of the molecule is CN(C)c1ccc(-c2oc(-c3ccccc3)nc2S(=O)(=O)NCCNC(=O)CBr)cc1. The number of aromatic nitrogens is 1. The lowest BCUT2D eigenvalue weighted by Crippen LogP contribution is -2.35. The van der Waals surface area contributed by atoms with Crippen LogP contribution in [0.4, 0.5) is 5.69 Å².